The number of rotatable bonds is 1. The van der Waals surface area contributed by atoms with E-state index < -0.39 is 6.10 Å². The van der Waals surface area contributed by atoms with Crippen LogP contribution >= 0.6 is 0 Å². The normalized spacial score (nSPS) is 19.7. The highest BCUT2D eigenvalue weighted by Crippen LogP contribution is 2.29. The summed E-state index contributed by atoms with van der Waals surface area (Å²) in [6, 6.07) is 7.05. The topological polar surface area (TPSA) is 46.5 Å². The Hall–Kier alpha value is -1.77. The summed E-state index contributed by atoms with van der Waals surface area (Å²) in [7, 11) is 0. The molecule has 2 rings (SSSR count). The molecule has 66 valence electrons. The van der Waals surface area contributed by atoms with E-state index in [1.807, 2.05) is 0 Å². The third-order valence-corrected chi connectivity index (χ3v) is 1.88. The van der Waals surface area contributed by atoms with E-state index in [2.05, 4.69) is 0 Å². The number of ether oxygens (including phenoxy) is 1. The Morgan fingerprint density at radius 2 is 2.15 bits per heavy atom. The number of aldehydes is 1. The fraction of sp³-hybridized carbons (Fsp3) is 0.100. The summed E-state index contributed by atoms with van der Waals surface area (Å²) in [4.78, 5) is 10.4. The molecule has 3 heteroatoms. The second-order valence-electron chi connectivity index (χ2n) is 2.77. The van der Waals surface area contributed by atoms with Crippen molar-refractivity contribution in [1.82, 2.24) is 0 Å². The van der Waals surface area contributed by atoms with Gasteiger partial charge in [0.15, 0.2) is 12.4 Å². The Balaban J connectivity index is 2.48. The fourth-order valence-electron chi connectivity index (χ4n) is 1.27. The van der Waals surface area contributed by atoms with Crippen molar-refractivity contribution >= 4 is 12.0 Å². The first-order valence-corrected chi connectivity index (χ1v) is 3.93. The van der Waals surface area contributed by atoms with Crippen LogP contribution in [0.4, 0.5) is 0 Å². The first kappa shape index (κ1) is 7.86. The smallest absolute Gasteiger partial charge is 0.176 e. The highest BCUT2D eigenvalue weighted by Gasteiger charge is 2.18. The highest BCUT2D eigenvalue weighted by molar-refractivity contribution is 5.73. The van der Waals surface area contributed by atoms with Crippen LogP contribution in [0.2, 0.25) is 0 Å². The van der Waals surface area contributed by atoms with Gasteiger partial charge in [0.2, 0.25) is 0 Å². The largest absolute Gasteiger partial charge is 0.507 e. The van der Waals surface area contributed by atoms with E-state index in [-0.39, 0.29) is 5.76 Å². The van der Waals surface area contributed by atoms with Gasteiger partial charge < -0.3 is 9.84 Å². The van der Waals surface area contributed by atoms with Crippen LogP contribution in [-0.2, 0) is 4.79 Å². The van der Waals surface area contributed by atoms with Crippen LogP contribution in [-0.4, -0.2) is 17.5 Å². The number of carbonyl (C=O) groups is 1. The lowest BCUT2D eigenvalue weighted by Gasteiger charge is -2.18. The molecular weight excluding hydrogens is 168 g/mol. The Kier molecular flexibility index (Phi) is 1.77. The highest BCUT2D eigenvalue weighted by atomic mass is 16.5. The van der Waals surface area contributed by atoms with Gasteiger partial charge in [0.05, 0.1) is 5.56 Å². The third-order valence-electron chi connectivity index (χ3n) is 1.88. The Bertz CT molecular complexity index is 368. The number of para-hydroxylation sites is 1. The average Bonchev–Trinajstić information content (AvgIpc) is 2.18. The first-order chi connectivity index (χ1) is 6.31. The average molecular weight is 176 g/mol. The zero-order valence-corrected chi connectivity index (χ0v) is 6.81. The summed E-state index contributed by atoms with van der Waals surface area (Å²) < 4.78 is 5.25. The molecule has 1 aromatic carbocycles. The minimum Gasteiger partial charge on any atom is -0.507 e. The van der Waals surface area contributed by atoms with Gasteiger partial charge >= 0.3 is 0 Å². The van der Waals surface area contributed by atoms with Crippen molar-refractivity contribution in [2.45, 2.75) is 6.10 Å². The molecule has 1 aromatic rings. The lowest BCUT2D eigenvalue weighted by Crippen LogP contribution is -2.19. The Morgan fingerprint density at radius 1 is 1.38 bits per heavy atom. The SMILES string of the molecule is O=CC1C=C(O)c2ccccc2O1. The molecule has 1 unspecified atom stereocenters. The van der Waals surface area contributed by atoms with Crippen molar-refractivity contribution < 1.29 is 14.6 Å². The maximum atomic E-state index is 10.4. The van der Waals surface area contributed by atoms with Crippen molar-refractivity contribution in [1.29, 1.82) is 0 Å². The summed E-state index contributed by atoms with van der Waals surface area (Å²) >= 11 is 0. The van der Waals surface area contributed by atoms with Crippen molar-refractivity contribution in [3.8, 4) is 5.75 Å². The van der Waals surface area contributed by atoms with Crippen LogP contribution in [0.5, 0.6) is 5.75 Å². The van der Waals surface area contributed by atoms with Gasteiger partial charge in [0.1, 0.15) is 11.5 Å². The second-order valence-corrected chi connectivity index (χ2v) is 2.77. The van der Waals surface area contributed by atoms with E-state index >= 15 is 0 Å². The molecule has 1 aliphatic heterocycles. The molecule has 0 aliphatic carbocycles. The van der Waals surface area contributed by atoms with Crippen molar-refractivity contribution in [3.63, 3.8) is 0 Å². The molecule has 0 amide bonds. The molecule has 13 heavy (non-hydrogen) atoms. The number of hydrogen-bond donors (Lipinski definition) is 1. The van der Waals surface area contributed by atoms with Crippen LogP contribution in [0.25, 0.3) is 5.76 Å². The van der Waals surface area contributed by atoms with Gasteiger partial charge in [-0.15, -0.1) is 0 Å². The molecule has 0 radical (unpaired) electrons. The zero-order valence-electron chi connectivity index (χ0n) is 6.81. The van der Waals surface area contributed by atoms with Crippen molar-refractivity contribution in [3.05, 3.63) is 35.9 Å². The summed E-state index contributed by atoms with van der Waals surface area (Å²) in [5.41, 5.74) is 0.626. The zero-order chi connectivity index (χ0) is 9.26. The van der Waals surface area contributed by atoms with E-state index in [9.17, 15) is 9.90 Å². The molecule has 0 saturated heterocycles. The molecule has 0 spiro atoms. The Labute approximate surface area is 75.3 Å². The molecule has 0 saturated carbocycles. The molecule has 0 aromatic heterocycles. The number of carbonyl (C=O) groups excluding carboxylic acids is 1. The lowest BCUT2D eigenvalue weighted by molar-refractivity contribution is -0.112. The van der Waals surface area contributed by atoms with Gasteiger partial charge in [-0.3, -0.25) is 4.79 Å². The first-order valence-electron chi connectivity index (χ1n) is 3.93. The standard InChI is InChI=1S/C10H8O3/c11-6-7-5-9(12)8-3-1-2-4-10(8)13-7/h1-7,12H. The quantitative estimate of drug-likeness (QED) is 0.660. The summed E-state index contributed by atoms with van der Waals surface area (Å²) in [6.45, 7) is 0. The van der Waals surface area contributed by atoms with Gasteiger partial charge in [0.25, 0.3) is 0 Å². The van der Waals surface area contributed by atoms with Gasteiger partial charge in [-0.2, -0.15) is 0 Å². The van der Waals surface area contributed by atoms with Crippen LogP contribution in [0, 0.1) is 0 Å². The Morgan fingerprint density at radius 3 is 2.92 bits per heavy atom. The monoisotopic (exact) mass is 176 g/mol. The van der Waals surface area contributed by atoms with E-state index in [1.165, 1.54) is 6.08 Å². The second kappa shape index (κ2) is 2.94. The number of aliphatic hydroxyl groups excluding tert-OH is 1. The van der Waals surface area contributed by atoms with Crippen LogP contribution in [0.15, 0.2) is 30.3 Å². The molecule has 1 aliphatic rings. The number of benzene rings is 1. The fourth-order valence-corrected chi connectivity index (χ4v) is 1.27. The molecular formula is C10H8O3. The number of fused-ring (bicyclic) bond motifs is 1. The summed E-state index contributed by atoms with van der Waals surface area (Å²) in [5.74, 6) is 0.638. The molecule has 1 heterocycles. The maximum Gasteiger partial charge on any atom is 0.176 e. The number of aliphatic hydroxyl groups is 1. The lowest BCUT2D eigenvalue weighted by atomic mass is 10.1. The molecule has 1 atom stereocenters. The minimum atomic E-state index is -0.671. The van der Waals surface area contributed by atoms with Crippen molar-refractivity contribution in [2.75, 3.05) is 0 Å². The molecule has 3 nitrogen and oxygen atoms in total. The van der Waals surface area contributed by atoms with Crippen LogP contribution < -0.4 is 4.74 Å². The molecule has 1 N–H and O–H groups in total. The van der Waals surface area contributed by atoms with E-state index in [1.54, 1.807) is 24.3 Å². The predicted octanol–water partition coefficient (Wildman–Crippen LogP) is 1.55. The molecule has 0 fully saturated rings. The van der Waals surface area contributed by atoms with Crippen LogP contribution in [0.3, 0.4) is 0 Å². The van der Waals surface area contributed by atoms with Gasteiger partial charge in [-0.05, 0) is 12.1 Å². The minimum absolute atomic E-state index is 0.0963. The van der Waals surface area contributed by atoms with E-state index in [0.717, 1.165) is 0 Å². The number of hydrogen-bond acceptors (Lipinski definition) is 3. The van der Waals surface area contributed by atoms with Gasteiger partial charge in [0, 0.05) is 6.08 Å². The van der Waals surface area contributed by atoms with E-state index in [0.29, 0.717) is 17.6 Å². The summed E-state index contributed by atoms with van der Waals surface area (Å²) in [6.07, 6.45) is 1.36. The maximum absolute atomic E-state index is 10.4. The molecule has 0 bridgehead atoms. The predicted molar refractivity (Wildman–Crippen MR) is 47.5 cm³/mol. The third kappa shape index (κ3) is 1.28. The summed E-state index contributed by atoms with van der Waals surface area (Å²) in [5, 5.41) is 9.49. The van der Waals surface area contributed by atoms with Crippen molar-refractivity contribution in [2.24, 2.45) is 0 Å². The van der Waals surface area contributed by atoms with E-state index in [4.69, 9.17) is 4.74 Å². The van der Waals surface area contributed by atoms with Gasteiger partial charge in [-0.25, -0.2) is 0 Å². The van der Waals surface area contributed by atoms with Gasteiger partial charge in [-0.1, -0.05) is 12.1 Å². The van der Waals surface area contributed by atoms with Crippen LogP contribution in [0.1, 0.15) is 5.56 Å².